The summed E-state index contributed by atoms with van der Waals surface area (Å²) in [7, 11) is -1.18. The van der Waals surface area contributed by atoms with Crippen LogP contribution in [0.4, 0.5) is 25.8 Å². The van der Waals surface area contributed by atoms with E-state index in [9.17, 15) is 35.5 Å². The van der Waals surface area contributed by atoms with Crippen molar-refractivity contribution in [3.8, 4) is 23.0 Å². The summed E-state index contributed by atoms with van der Waals surface area (Å²) in [5.74, 6) is 1.36. The molecule has 5 heterocycles. The van der Waals surface area contributed by atoms with Crippen molar-refractivity contribution >= 4 is 71.2 Å². The number of benzene rings is 2. The fourth-order valence-electron chi connectivity index (χ4n) is 10.9. The van der Waals surface area contributed by atoms with Crippen LogP contribution >= 0.6 is 0 Å². The average molecular weight is 1250 g/mol. The van der Waals surface area contributed by atoms with Gasteiger partial charge in [0, 0.05) is 117 Å². The smallest absolute Gasteiger partial charge is 0.493 e. The molecule has 21 nitrogen and oxygen atoms in total. The van der Waals surface area contributed by atoms with Gasteiger partial charge in [0.15, 0.2) is 47.2 Å². The zero-order chi connectivity index (χ0) is 60.5. The van der Waals surface area contributed by atoms with Crippen LogP contribution in [0, 0.1) is 22.7 Å². The highest BCUT2D eigenvalue weighted by Gasteiger charge is 2.50. The minimum Gasteiger partial charge on any atom is -0.594 e. The molecule has 3 N–H and O–H groups in total. The third-order valence-electron chi connectivity index (χ3n) is 15.5. The highest BCUT2D eigenvalue weighted by Crippen LogP contribution is 2.56. The molecule has 2 aliphatic heterocycles. The quantitative estimate of drug-likeness (QED) is 0.0339. The molecule has 3 aromatic heterocycles. The van der Waals surface area contributed by atoms with Crippen LogP contribution in [0.2, 0.25) is 0 Å². The second-order valence-corrected chi connectivity index (χ2v) is 27.0. The van der Waals surface area contributed by atoms with E-state index in [0.717, 1.165) is 107 Å². The van der Waals surface area contributed by atoms with Gasteiger partial charge in [0.1, 0.15) is 5.60 Å². The fraction of sp³-hybridized carbons (Fsp3) is 0.590. The van der Waals surface area contributed by atoms with Crippen molar-refractivity contribution < 1.29 is 67.9 Å². The molecule has 25 heteroatoms. The van der Waals surface area contributed by atoms with Crippen molar-refractivity contribution in [1.82, 2.24) is 14.7 Å². The standard InChI is InChI=1S/C26H36FN3O6S.C20H26FN3O2.C12H19N3O4S.3CH4/c1-25(2,3)36-24(31)15-37(32,33)29-16-26(8-9-26)18-6-11-30(12-7-18)21-5-10-28-20-14-22(34-4)23(35-17-27)13-19(20)21;1-25-18-11-16-15(10-19(18)26-13-21)17(2-7-23-16)24-8-3-14(4-9-24)20(12-22)5-6-20;1-12(2,3)19-11(16)13-20(17,18)15-8-6-10(7-9-15)14(4)5;;;/h5,10,13-14,18,29H,6-9,11-12,15-17H2,1-4H3;2,7,10-11,14H,3-6,8-9,12-13,22H2,1H3;6-9H,1-5H3;3*1H4. The second kappa shape index (κ2) is 29.9. The first-order chi connectivity index (χ1) is 39.2. The predicted octanol–water partition coefficient (Wildman–Crippen LogP) is 8.88. The molecule has 480 valence electrons. The molecule has 86 heavy (non-hydrogen) atoms. The Bertz CT molecular complexity index is 3290. The summed E-state index contributed by atoms with van der Waals surface area (Å²) in [6.07, 6.45) is 13.8. The van der Waals surface area contributed by atoms with Crippen molar-refractivity contribution in [3.63, 3.8) is 0 Å². The molecule has 5 aromatic rings. The van der Waals surface area contributed by atoms with E-state index in [-0.39, 0.29) is 27.7 Å². The summed E-state index contributed by atoms with van der Waals surface area (Å²) in [6.45, 7) is 13.0. The number of methoxy groups -OCH3 is 2. The zero-order valence-corrected chi connectivity index (χ0v) is 50.9. The Hall–Kier alpha value is -6.57. The van der Waals surface area contributed by atoms with E-state index >= 15 is 0 Å². The van der Waals surface area contributed by atoms with E-state index in [1.165, 1.54) is 45.2 Å². The number of hydrogen-bond acceptors (Lipinski definition) is 18. The largest absolute Gasteiger partial charge is 0.594 e. The Morgan fingerprint density at radius 3 is 1.52 bits per heavy atom. The third kappa shape index (κ3) is 18.7. The number of pyridine rings is 3. The summed E-state index contributed by atoms with van der Waals surface area (Å²) >= 11 is 0. The van der Waals surface area contributed by atoms with Gasteiger partial charge in [-0.3, -0.25) is 14.8 Å². The van der Waals surface area contributed by atoms with E-state index in [0.29, 0.717) is 40.9 Å². The molecular weight excluding hydrogens is 1150 g/mol. The summed E-state index contributed by atoms with van der Waals surface area (Å²) in [5, 5.41) is 13.3. The molecule has 2 aliphatic carbocycles. The molecule has 0 amide bonds. The Morgan fingerprint density at radius 1 is 0.721 bits per heavy atom. The van der Waals surface area contributed by atoms with Crippen molar-refractivity contribution in [3.05, 3.63) is 73.3 Å². The number of piperidine rings is 2. The van der Waals surface area contributed by atoms with Gasteiger partial charge in [-0.2, -0.15) is 0 Å². The number of carbonyl (C=O) groups is 1. The van der Waals surface area contributed by atoms with Crippen LogP contribution in [0.5, 0.6) is 23.0 Å². The Labute approximate surface area is 508 Å². The third-order valence-corrected chi connectivity index (χ3v) is 17.9. The molecule has 0 unspecified atom stereocenters. The van der Waals surface area contributed by atoms with Gasteiger partial charge < -0.3 is 54.0 Å². The number of rotatable bonds is 19. The van der Waals surface area contributed by atoms with Crippen LogP contribution in [0.1, 0.15) is 115 Å². The maximum absolute atomic E-state index is 12.9. The first-order valence-corrected chi connectivity index (χ1v) is 30.8. The number of nitrogens with two attached hydrogens (primary N) is 1. The summed E-state index contributed by atoms with van der Waals surface area (Å²) in [4.78, 5) is 27.4. The van der Waals surface area contributed by atoms with Gasteiger partial charge in [-0.05, 0) is 126 Å². The van der Waals surface area contributed by atoms with E-state index in [4.69, 9.17) is 34.2 Å². The number of nitrogens with one attached hydrogen (secondary N) is 1. The minimum atomic E-state index is -4.13. The number of hydrogen-bond donors (Lipinski definition) is 2. The lowest BCUT2D eigenvalue weighted by Crippen LogP contribution is -2.43. The van der Waals surface area contributed by atoms with Gasteiger partial charge in [0.2, 0.25) is 23.7 Å². The molecule has 4 aliphatic rings. The molecule has 2 saturated heterocycles. The zero-order valence-electron chi connectivity index (χ0n) is 49.3. The molecule has 2 aromatic carbocycles. The number of ether oxygens (including phenoxy) is 6. The number of halogens is 2. The Kier molecular flexibility index (Phi) is 25.0. The normalized spacial score (nSPS) is 16.7. The molecule has 0 radical (unpaired) electrons. The number of esters is 1. The average Bonchev–Trinajstić information content (AvgIpc) is 1.57. The number of anilines is 3. The molecule has 4 fully saturated rings. The van der Waals surface area contributed by atoms with Crippen LogP contribution in [0.3, 0.4) is 0 Å². The van der Waals surface area contributed by atoms with E-state index in [1.807, 2.05) is 49.5 Å². The molecule has 0 spiro atoms. The van der Waals surface area contributed by atoms with Gasteiger partial charge >= 0.3 is 16.2 Å². The van der Waals surface area contributed by atoms with Crippen molar-refractivity contribution in [2.24, 2.45) is 32.8 Å². The van der Waals surface area contributed by atoms with Gasteiger partial charge in [0.05, 0.1) is 25.3 Å². The number of nitrogens with zero attached hydrogens (tertiary/aromatic N) is 7. The topological polar surface area (TPSA) is 254 Å². The van der Waals surface area contributed by atoms with Crippen molar-refractivity contribution in [2.45, 2.75) is 126 Å². The summed E-state index contributed by atoms with van der Waals surface area (Å²) in [6, 6.07) is 14.3. The summed E-state index contributed by atoms with van der Waals surface area (Å²) < 4.78 is 112. The molecular formula is C61H93F2N9O12S2. The maximum atomic E-state index is 12.9. The van der Waals surface area contributed by atoms with Crippen molar-refractivity contribution in [1.29, 1.82) is 0 Å². The first-order valence-electron chi connectivity index (χ1n) is 27.8. The van der Waals surface area contributed by atoms with Gasteiger partial charge in [-0.1, -0.05) is 51.4 Å². The van der Waals surface area contributed by atoms with Crippen LogP contribution < -0.4 is 53.2 Å². The maximum Gasteiger partial charge on any atom is 0.493 e. The van der Waals surface area contributed by atoms with Crippen LogP contribution in [-0.4, -0.2) is 137 Å². The van der Waals surface area contributed by atoms with E-state index in [1.54, 1.807) is 79.1 Å². The first kappa shape index (κ1) is 71.9. The van der Waals surface area contributed by atoms with E-state index < -0.39 is 63.0 Å². The SMILES string of the molecule is C.C.C.CN(C)c1cc[n+](S(=O)(=O)N=C([O-])OC(C)(C)C)cc1.COc1cc2nccc(N3CCC(C4(CN)CC4)CC3)c2cc1OCF.COc1cc2nccc(N3CCC(C4(CNS(=O)(=O)CC(=O)OC(C)(C)C)CC4)CC3)c2cc1OCF. The van der Waals surface area contributed by atoms with Crippen LogP contribution in [0.15, 0.2) is 77.7 Å². The van der Waals surface area contributed by atoms with Crippen LogP contribution in [0.25, 0.3) is 21.8 Å². The monoisotopic (exact) mass is 1250 g/mol. The summed E-state index contributed by atoms with van der Waals surface area (Å²) in [5.41, 5.74) is 9.35. The Balaban J connectivity index is 0.000000285. The number of fused-ring (bicyclic) bond motifs is 2. The predicted molar refractivity (Wildman–Crippen MR) is 333 cm³/mol. The van der Waals surface area contributed by atoms with Gasteiger partial charge in [-0.25, -0.2) is 21.9 Å². The molecule has 9 rings (SSSR count). The second-order valence-electron chi connectivity index (χ2n) is 23.7. The number of carbonyl (C=O) groups excluding carboxylic acids is 1. The molecule has 2 saturated carbocycles. The number of alkyl halides is 2. The minimum absolute atomic E-state index is 0. The van der Waals surface area contributed by atoms with Crippen molar-refractivity contribution in [2.75, 3.05) is 102 Å². The number of sulfonamides is 1. The highest BCUT2D eigenvalue weighted by molar-refractivity contribution is 7.90. The van der Waals surface area contributed by atoms with Crippen LogP contribution in [-0.2, 0) is 34.5 Å². The van der Waals surface area contributed by atoms with E-state index in [2.05, 4.69) is 28.9 Å². The molecule has 0 atom stereocenters. The highest BCUT2D eigenvalue weighted by atomic mass is 32.2. The fourth-order valence-corrected chi connectivity index (χ4v) is 12.6. The van der Waals surface area contributed by atoms with Gasteiger partial charge in [-0.15, -0.1) is 8.42 Å². The Morgan fingerprint density at radius 2 is 1.15 bits per heavy atom. The lowest BCUT2D eigenvalue weighted by molar-refractivity contribution is -0.511. The number of aromatic nitrogens is 3. The lowest BCUT2D eigenvalue weighted by atomic mass is 9.81. The van der Waals surface area contributed by atoms with Gasteiger partial charge in [0.25, 0.3) is 0 Å². The lowest BCUT2D eigenvalue weighted by Gasteiger charge is -2.38. The molecule has 0 bridgehead atoms.